The largest absolute Gasteiger partial charge is 0.371 e. The molecule has 4 rings (SSSR count). The van der Waals surface area contributed by atoms with Crippen LogP contribution in [0.2, 0.25) is 5.02 Å². The van der Waals surface area contributed by atoms with Crippen LogP contribution < -0.4 is 5.32 Å². The second-order valence-corrected chi connectivity index (χ2v) is 7.07. The van der Waals surface area contributed by atoms with Gasteiger partial charge in [-0.1, -0.05) is 23.7 Å². The molecule has 1 N–H and O–H groups in total. The highest BCUT2D eigenvalue weighted by molar-refractivity contribution is 6.31. The van der Waals surface area contributed by atoms with Crippen molar-refractivity contribution in [3.05, 3.63) is 82.4 Å². The number of ether oxygens (including phenoxy) is 1. The zero-order valence-electron chi connectivity index (χ0n) is 15.1. The number of Topliss-reactive ketones (excluding diaryl/α,β-unsaturated/α-hetero) is 1. The number of carbonyl (C=O) groups is 1. The molecule has 144 valence electrons. The van der Waals surface area contributed by atoms with Crippen molar-refractivity contribution in [3.8, 4) is 5.69 Å². The summed E-state index contributed by atoms with van der Waals surface area (Å²) in [5, 5.41) is 8.03. The average molecular weight is 400 g/mol. The third-order valence-electron chi connectivity index (χ3n) is 4.72. The molecule has 0 aliphatic carbocycles. The Kier molecular flexibility index (Phi) is 5.52. The van der Waals surface area contributed by atoms with Gasteiger partial charge in [-0.05, 0) is 41.5 Å². The van der Waals surface area contributed by atoms with E-state index >= 15 is 0 Å². The van der Waals surface area contributed by atoms with Crippen LogP contribution >= 0.6 is 11.6 Å². The fourth-order valence-corrected chi connectivity index (χ4v) is 3.42. The van der Waals surface area contributed by atoms with Gasteiger partial charge in [-0.3, -0.25) is 4.79 Å². The zero-order valence-corrected chi connectivity index (χ0v) is 15.8. The molecule has 2 aromatic carbocycles. The van der Waals surface area contributed by atoms with E-state index in [1.807, 2.05) is 18.2 Å². The number of nitrogens with zero attached hydrogens (tertiary/aromatic N) is 2. The van der Waals surface area contributed by atoms with Crippen molar-refractivity contribution in [1.82, 2.24) is 15.1 Å². The number of aromatic nitrogens is 2. The minimum absolute atomic E-state index is 0.0232. The third kappa shape index (κ3) is 4.14. The molecule has 0 bridgehead atoms. The van der Waals surface area contributed by atoms with Crippen LogP contribution in [-0.4, -0.2) is 35.3 Å². The van der Waals surface area contributed by atoms with E-state index in [0.717, 1.165) is 24.2 Å². The quantitative estimate of drug-likeness (QED) is 0.664. The first-order chi connectivity index (χ1) is 13.6. The number of halogens is 2. The highest BCUT2D eigenvalue weighted by atomic mass is 35.5. The number of carbonyl (C=O) groups excluding carboxylic acids is 1. The summed E-state index contributed by atoms with van der Waals surface area (Å²) >= 11 is 6.41. The van der Waals surface area contributed by atoms with Crippen molar-refractivity contribution >= 4 is 17.4 Å². The van der Waals surface area contributed by atoms with Crippen LogP contribution in [0.25, 0.3) is 5.69 Å². The van der Waals surface area contributed by atoms with Gasteiger partial charge in [0, 0.05) is 30.7 Å². The molecular weight excluding hydrogens is 381 g/mol. The van der Waals surface area contributed by atoms with E-state index in [1.165, 1.54) is 18.3 Å². The Morgan fingerprint density at radius 2 is 2.11 bits per heavy atom. The van der Waals surface area contributed by atoms with E-state index < -0.39 is 0 Å². The molecule has 0 spiro atoms. The number of hydrogen-bond donors (Lipinski definition) is 1. The smallest absolute Gasteiger partial charge is 0.170 e. The first kappa shape index (κ1) is 18.8. The summed E-state index contributed by atoms with van der Waals surface area (Å²) in [5.74, 6) is -0.404. The summed E-state index contributed by atoms with van der Waals surface area (Å²) in [6.45, 7) is 2.26. The highest BCUT2D eigenvalue weighted by Gasteiger charge is 2.18. The van der Waals surface area contributed by atoms with Gasteiger partial charge >= 0.3 is 0 Å². The molecule has 0 radical (unpaired) electrons. The Balaban J connectivity index is 1.47. The summed E-state index contributed by atoms with van der Waals surface area (Å²) in [6.07, 6.45) is 3.30. The molecule has 2 heterocycles. The molecule has 1 aliphatic rings. The van der Waals surface area contributed by atoms with Crippen LogP contribution in [0.1, 0.15) is 27.6 Å². The molecule has 1 atom stereocenters. The predicted octanol–water partition coefficient (Wildman–Crippen LogP) is 3.75. The van der Waals surface area contributed by atoms with E-state index in [2.05, 4.69) is 10.4 Å². The summed E-state index contributed by atoms with van der Waals surface area (Å²) in [6, 6.07) is 11.6. The number of benzene rings is 2. The first-order valence-corrected chi connectivity index (χ1v) is 9.42. The Morgan fingerprint density at radius 3 is 2.82 bits per heavy atom. The van der Waals surface area contributed by atoms with E-state index in [4.69, 9.17) is 16.3 Å². The summed E-state index contributed by atoms with van der Waals surface area (Å²) in [5.41, 5.74) is 2.92. The van der Waals surface area contributed by atoms with Gasteiger partial charge in [-0.2, -0.15) is 5.10 Å². The van der Waals surface area contributed by atoms with Gasteiger partial charge < -0.3 is 10.1 Å². The molecule has 1 fully saturated rings. The van der Waals surface area contributed by atoms with Crippen molar-refractivity contribution in [2.24, 2.45) is 0 Å². The molecule has 1 aliphatic heterocycles. The van der Waals surface area contributed by atoms with Gasteiger partial charge in [0.05, 0.1) is 30.2 Å². The molecule has 1 saturated heterocycles. The number of nitrogens with one attached hydrogen (secondary N) is 1. The fraction of sp³-hybridized carbons (Fsp3) is 0.238. The minimum atomic E-state index is -0.320. The van der Waals surface area contributed by atoms with E-state index in [9.17, 15) is 9.18 Å². The lowest BCUT2D eigenvalue weighted by Crippen LogP contribution is -2.33. The summed E-state index contributed by atoms with van der Waals surface area (Å²) < 4.78 is 20.3. The Bertz CT molecular complexity index is 982. The van der Waals surface area contributed by atoms with Crippen molar-refractivity contribution in [2.75, 3.05) is 19.7 Å². The first-order valence-electron chi connectivity index (χ1n) is 9.04. The molecule has 5 nitrogen and oxygen atoms in total. The number of ketones is 1. The fourth-order valence-electron chi connectivity index (χ4n) is 3.16. The van der Waals surface area contributed by atoms with Crippen LogP contribution in [0.3, 0.4) is 0 Å². The van der Waals surface area contributed by atoms with Crippen LogP contribution in [0.15, 0.2) is 54.9 Å². The average Bonchev–Trinajstić information content (AvgIpc) is 3.21. The van der Waals surface area contributed by atoms with Gasteiger partial charge in [0.25, 0.3) is 0 Å². The van der Waals surface area contributed by atoms with Crippen molar-refractivity contribution in [2.45, 2.75) is 12.5 Å². The van der Waals surface area contributed by atoms with Gasteiger partial charge in [-0.15, -0.1) is 0 Å². The molecule has 0 unspecified atom stereocenters. The molecule has 0 saturated carbocycles. The molecular formula is C21H19ClFN3O2. The van der Waals surface area contributed by atoms with Crippen molar-refractivity contribution in [1.29, 1.82) is 0 Å². The van der Waals surface area contributed by atoms with E-state index in [0.29, 0.717) is 22.9 Å². The Morgan fingerprint density at radius 1 is 1.29 bits per heavy atom. The number of rotatable bonds is 5. The number of morpholine rings is 1. The molecule has 0 amide bonds. The normalized spacial score (nSPS) is 16.9. The molecule has 7 heteroatoms. The maximum absolute atomic E-state index is 13.1. The Labute approximate surface area is 167 Å². The molecule has 1 aromatic heterocycles. The lowest BCUT2D eigenvalue weighted by Gasteiger charge is -2.24. The van der Waals surface area contributed by atoms with E-state index in [1.54, 1.807) is 23.0 Å². The monoisotopic (exact) mass is 399 g/mol. The van der Waals surface area contributed by atoms with Crippen LogP contribution in [-0.2, 0) is 11.2 Å². The SMILES string of the molecule is O=C(Cc1ccc([C@H]2CNCCO2)cc1Cl)c1cnn(-c2ccc(F)cc2)c1. The summed E-state index contributed by atoms with van der Waals surface area (Å²) in [4.78, 5) is 12.6. The van der Waals surface area contributed by atoms with E-state index in [-0.39, 0.29) is 24.1 Å². The van der Waals surface area contributed by atoms with Gasteiger partial charge in [0.2, 0.25) is 0 Å². The third-order valence-corrected chi connectivity index (χ3v) is 5.08. The van der Waals surface area contributed by atoms with Gasteiger partial charge in [0.15, 0.2) is 5.78 Å². The molecule has 28 heavy (non-hydrogen) atoms. The standard InChI is InChI=1S/C21H19ClFN3O2/c22-19-9-15(21-12-24-7-8-28-21)2-1-14(19)10-20(27)16-11-25-26(13-16)18-5-3-17(23)4-6-18/h1-6,9,11,13,21,24H,7-8,10,12H2/t21-/m1/s1. The zero-order chi connectivity index (χ0) is 19.5. The summed E-state index contributed by atoms with van der Waals surface area (Å²) in [7, 11) is 0. The maximum Gasteiger partial charge on any atom is 0.170 e. The van der Waals surface area contributed by atoms with Crippen molar-refractivity contribution in [3.63, 3.8) is 0 Å². The second kappa shape index (κ2) is 8.22. The topological polar surface area (TPSA) is 56.1 Å². The van der Waals surface area contributed by atoms with Gasteiger partial charge in [-0.25, -0.2) is 9.07 Å². The van der Waals surface area contributed by atoms with Crippen LogP contribution in [0.5, 0.6) is 0 Å². The predicted molar refractivity (Wildman–Crippen MR) is 105 cm³/mol. The molecule has 3 aromatic rings. The minimum Gasteiger partial charge on any atom is -0.371 e. The lowest BCUT2D eigenvalue weighted by molar-refractivity contribution is 0.0277. The Hall–Kier alpha value is -2.54. The van der Waals surface area contributed by atoms with Crippen LogP contribution in [0, 0.1) is 5.82 Å². The maximum atomic E-state index is 13.1. The van der Waals surface area contributed by atoms with Gasteiger partial charge in [0.1, 0.15) is 5.82 Å². The number of hydrogen-bond acceptors (Lipinski definition) is 4. The lowest BCUT2D eigenvalue weighted by atomic mass is 10.0. The van der Waals surface area contributed by atoms with Crippen LogP contribution in [0.4, 0.5) is 4.39 Å². The second-order valence-electron chi connectivity index (χ2n) is 6.66. The highest BCUT2D eigenvalue weighted by Crippen LogP contribution is 2.26. The van der Waals surface area contributed by atoms with Crippen molar-refractivity contribution < 1.29 is 13.9 Å².